The van der Waals surface area contributed by atoms with E-state index in [4.69, 9.17) is 0 Å². The second kappa shape index (κ2) is 4.86. The highest BCUT2D eigenvalue weighted by atomic mass is 32.2. The van der Waals surface area contributed by atoms with E-state index >= 15 is 0 Å². The lowest BCUT2D eigenvalue weighted by Gasteiger charge is -2.04. The van der Waals surface area contributed by atoms with Gasteiger partial charge in [-0.05, 0) is 42.0 Å². The van der Waals surface area contributed by atoms with Crippen molar-refractivity contribution in [2.45, 2.75) is 10.6 Å². The van der Waals surface area contributed by atoms with Crippen molar-refractivity contribution < 1.29 is 17.2 Å². The molecule has 0 spiro atoms. The van der Waals surface area contributed by atoms with Crippen molar-refractivity contribution in [3.05, 3.63) is 65.7 Å². The van der Waals surface area contributed by atoms with E-state index in [0.29, 0.717) is 5.56 Å². The normalized spacial score (nSPS) is 11.4. The Kier molecular flexibility index (Phi) is 3.43. The SMILES string of the molecule is O=S(=O)(Cc1ccc(F)cc1)c1ccc(F)cc1. The Hall–Kier alpha value is -1.75. The highest BCUT2D eigenvalue weighted by molar-refractivity contribution is 7.90. The van der Waals surface area contributed by atoms with Gasteiger partial charge in [0.1, 0.15) is 11.6 Å². The summed E-state index contributed by atoms with van der Waals surface area (Å²) in [7, 11) is -3.53. The first-order chi connectivity index (χ1) is 8.47. The standard InChI is InChI=1S/C13H10F2O2S/c14-11-3-1-10(2-4-11)9-18(16,17)13-7-5-12(15)6-8-13/h1-8H,9H2. The lowest BCUT2D eigenvalue weighted by atomic mass is 10.2. The topological polar surface area (TPSA) is 34.1 Å². The fraction of sp³-hybridized carbons (Fsp3) is 0.0769. The maximum Gasteiger partial charge on any atom is 0.182 e. The van der Waals surface area contributed by atoms with Crippen LogP contribution in [0, 0.1) is 11.6 Å². The van der Waals surface area contributed by atoms with E-state index in [1.54, 1.807) is 0 Å². The summed E-state index contributed by atoms with van der Waals surface area (Å²) in [5.41, 5.74) is 0.487. The van der Waals surface area contributed by atoms with Gasteiger partial charge in [-0.2, -0.15) is 0 Å². The third-order valence-corrected chi connectivity index (χ3v) is 4.15. The molecule has 94 valence electrons. The Labute approximate surface area is 104 Å². The highest BCUT2D eigenvalue weighted by Gasteiger charge is 2.15. The van der Waals surface area contributed by atoms with Crippen molar-refractivity contribution in [1.29, 1.82) is 0 Å². The molecule has 0 unspecified atom stereocenters. The molecule has 0 amide bonds. The number of hydrogen-bond donors (Lipinski definition) is 0. The summed E-state index contributed by atoms with van der Waals surface area (Å²) in [6.07, 6.45) is 0. The molecule has 0 aliphatic carbocycles. The van der Waals surface area contributed by atoms with Gasteiger partial charge in [0.25, 0.3) is 0 Å². The van der Waals surface area contributed by atoms with Gasteiger partial charge in [-0.15, -0.1) is 0 Å². The number of benzene rings is 2. The monoisotopic (exact) mass is 268 g/mol. The Morgan fingerprint density at radius 3 is 1.72 bits per heavy atom. The predicted molar refractivity (Wildman–Crippen MR) is 63.7 cm³/mol. The zero-order chi connectivity index (χ0) is 13.2. The molecule has 0 fully saturated rings. The van der Waals surface area contributed by atoms with Gasteiger partial charge in [-0.3, -0.25) is 0 Å². The van der Waals surface area contributed by atoms with Gasteiger partial charge in [0.15, 0.2) is 9.84 Å². The summed E-state index contributed by atoms with van der Waals surface area (Å²) in [6, 6.07) is 9.86. The first-order valence-electron chi connectivity index (χ1n) is 5.20. The first kappa shape index (κ1) is 12.7. The van der Waals surface area contributed by atoms with Gasteiger partial charge in [-0.1, -0.05) is 12.1 Å². The second-order valence-corrected chi connectivity index (χ2v) is 5.83. The van der Waals surface area contributed by atoms with Crippen LogP contribution in [0.25, 0.3) is 0 Å². The minimum absolute atomic E-state index is 0.0493. The van der Waals surface area contributed by atoms with Crippen LogP contribution in [0.2, 0.25) is 0 Å². The van der Waals surface area contributed by atoms with Crippen LogP contribution in [0.15, 0.2) is 53.4 Å². The van der Waals surface area contributed by atoms with Crippen molar-refractivity contribution in [2.75, 3.05) is 0 Å². The van der Waals surface area contributed by atoms with Crippen LogP contribution in [0.4, 0.5) is 8.78 Å². The molecule has 5 heteroatoms. The van der Waals surface area contributed by atoms with Crippen molar-refractivity contribution >= 4 is 9.84 Å². The van der Waals surface area contributed by atoms with E-state index in [1.807, 2.05) is 0 Å². The van der Waals surface area contributed by atoms with Crippen LogP contribution >= 0.6 is 0 Å². The molecule has 2 rings (SSSR count). The van der Waals surface area contributed by atoms with Crippen molar-refractivity contribution in [2.24, 2.45) is 0 Å². The molecule has 0 aliphatic rings. The molecule has 0 aromatic heterocycles. The summed E-state index contributed by atoms with van der Waals surface area (Å²) in [5.74, 6) is -1.15. The van der Waals surface area contributed by atoms with E-state index in [0.717, 1.165) is 12.1 Å². The van der Waals surface area contributed by atoms with Crippen molar-refractivity contribution in [3.8, 4) is 0 Å². The smallest absolute Gasteiger partial charge is 0.182 e. The van der Waals surface area contributed by atoms with Crippen LogP contribution < -0.4 is 0 Å². The van der Waals surface area contributed by atoms with Gasteiger partial charge in [-0.25, -0.2) is 17.2 Å². The summed E-state index contributed by atoms with van der Waals surface area (Å²) < 4.78 is 49.4. The van der Waals surface area contributed by atoms with E-state index in [2.05, 4.69) is 0 Å². The summed E-state index contributed by atoms with van der Waals surface area (Å²) in [4.78, 5) is 0.0493. The number of hydrogen-bond acceptors (Lipinski definition) is 2. The molecule has 0 aliphatic heterocycles. The molecule has 2 aromatic carbocycles. The zero-order valence-electron chi connectivity index (χ0n) is 9.31. The molecule has 0 bridgehead atoms. The van der Waals surface area contributed by atoms with Gasteiger partial charge < -0.3 is 0 Å². The van der Waals surface area contributed by atoms with Crippen molar-refractivity contribution in [3.63, 3.8) is 0 Å². The Morgan fingerprint density at radius 1 is 0.778 bits per heavy atom. The van der Waals surface area contributed by atoms with Crippen LogP contribution in [-0.2, 0) is 15.6 Å². The fourth-order valence-electron chi connectivity index (χ4n) is 1.53. The molecule has 18 heavy (non-hydrogen) atoms. The highest BCUT2D eigenvalue weighted by Crippen LogP contribution is 2.17. The Balaban J connectivity index is 2.27. The van der Waals surface area contributed by atoms with Gasteiger partial charge in [0, 0.05) is 0 Å². The summed E-state index contributed by atoms with van der Waals surface area (Å²) in [5, 5.41) is 0. The molecule has 0 heterocycles. The molecular formula is C13H10F2O2S. The third kappa shape index (κ3) is 2.92. The van der Waals surface area contributed by atoms with Crippen LogP contribution in [-0.4, -0.2) is 8.42 Å². The molecule has 0 saturated heterocycles. The van der Waals surface area contributed by atoms with E-state index in [1.165, 1.54) is 36.4 Å². The van der Waals surface area contributed by atoms with Gasteiger partial charge in [0.05, 0.1) is 10.6 Å². The largest absolute Gasteiger partial charge is 0.223 e. The molecule has 0 N–H and O–H groups in total. The number of rotatable bonds is 3. The average Bonchev–Trinajstić information content (AvgIpc) is 2.32. The zero-order valence-corrected chi connectivity index (χ0v) is 10.1. The predicted octanol–water partition coefficient (Wildman–Crippen LogP) is 2.94. The average molecular weight is 268 g/mol. The van der Waals surface area contributed by atoms with Crippen molar-refractivity contribution in [1.82, 2.24) is 0 Å². The van der Waals surface area contributed by atoms with Gasteiger partial charge >= 0.3 is 0 Å². The Bertz CT molecular complexity index is 632. The van der Waals surface area contributed by atoms with E-state index < -0.39 is 21.5 Å². The lowest BCUT2D eigenvalue weighted by Crippen LogP contribution is -2.05. The number of halogens is 2. The summed E-state index contributed by atoms with van der Waals surface area (Å²) in [6.45, 7) is 0. The fourth-order valence-corrected chi connectivity index (χ4v) is 2.87. The first-order valence-corrected chi connectivity index (χ1v) is 6.85. The van der Waals surface area contributed by atoms with E-state index in [9.17, 15) is 17.2 Å². The lowest BCUT2D eigenvalue weighted by molar-refractivity contribution is 0.593. The second-order valence-electron chi connectivity index (χ2n) is 3.84. The molecule has 0 saturated carbocycles. The maximum absolute atomic E-state index is 12.7. The molecule has 2 nitrogen and oxygen atoms in total. The molecule has 2 aromatic rings. The number of sulfone groups is 1. The van der Waals surface area contributed by atoms with Crippen LogP contribution in [0.1, 0.15) is 5.56 Å². The minimum Gasteiger partial charge on any atom is -0.223 e. The third-order valence-electron chi connectivity index (χ3n) is 2.44. The minimum atomic E-state index is -3.53. The molecular weight excluding hydrogens is 258 g/mol. The molecule has 0 radical (unpaired) electrons. The Morgan fingerprint density at radius 2 is 1.22 bits per heavy atom. The quantitative estimate of drug-likeness (QED) is 0.802. The van der Waals surface area contributed by atoms with E-state index in [-0.39, 0.29) is 10.6 Å². The van der Waals surface area contributed by atoms with Crippen LogP contribution in [0.3, 0.4) is 0 Å². The van der Waals surface area contributed by atoms with Crippen LogP contribution in [0.5, 0.6) is 0 Å². The maximum atomic E-state index is 12.7. The summed E-state index contributed by atoms with van der Waals surface area (Å²) >= 11 is 0. The van der Waals surface area contributed by atoms with Gasteiger partial charge in [0.2, 0.25) is 0 Å². The molecule has 0 atom stereocenters.